The second kappa shape index (κ2) is 12.9. The first-order chi connectivity index (χ1) is 10.8. The molecule has 0 heterocycles. The first-order valence-electron chi connectivity index (χ1n) is 8.08. The Balaban J connectivity index is 3.57. The summed E-state index contributed by atoms with van der Waals surface area (Å²) < 4.78 is 21.7. The molecule has 1 N–H and O–H groups in total. The summed E-state index contributed by atoms with van der Waals surface area (Å²) in [5.74, 6) is -0.496. The minimum Gasteiger partial charge on any atom is -0.460 e. The van der Waals surface area contributed by atoms with Gasteiger partial charge in [-0.3, -0.25) is 0 Å². The number of ether oxygens (including phenoxy) is 3. The lowest BCUT2D eigenvalue weighted by atomic mass is 10.3. The molecular weight excluding hydrogens is 332 g/mol. The second-order valence-electron chi connectivity index (χ2n) is 6.02. The molecule has 23 heavy (non-hydrogen) atoms. The normalized spacial score (nSPS) is 13.4. The molecule has 136 valence electrons. The van der Waals surface area contributed by atoms with Crippen LogP contribution >= 0.6 is 0 Å². The van der Waals surface area contributed by atoms with Gasteiger partial charge in [0.25, 0.3) is 0 Å². The lowest BCUT2D eigenvalue weighted by Crippen LogP contribution is -2.33. The van der Waals surface area contributed by atoms with Crippen molar-refractivity contribution in [3.8, 4) is 0 Å². The summed E-state index contributed by atoms with van der Waals surface area (Å²) in [6, 6.07) is 1.92. The monoisotopic (exact) mass is 364 g/mol. The highest BCUT2D eigenvalue weighted by atomic mass is 28.4. The van der Waals surface area contributed by atoms with E-state index < -0.39 is 30.2 Å². The van der Waals surface area contributed by atoms with Crippen molar-refractivity contribution in [3.63, 3.8) is 0 Å². The molecule has 0 amide bonds. The highest BCUT2D eigenvalue weighted by molar-refractivity contribution is 6.75. The maximum Gasteiger partial charge on any atom is 0.333 e. The third kappa shape index (κ3) is 13.6. The van der Waals surface area contributed by atoms with Gasteiger partial charge in [0.05, 0.1) is 6.61 Å². The lowest BCUT2D eigenvalue weighted by Gasteiger charge is -2.23. The van der Waals surface area contributed by atoms with Crippen LogP contribution in [0.25, 0.3) is 0 Å². The van der Waals surface area contributed by atoms with E-state index in [-0.39, 0.29) is 13.2 Å². The zero-order valence-corrected chi connectivity index (χ0v) is 17.3. The van der Waals surface area contributed by atoms with Gasteiger partial charge in [0.2, 0.25) is 0 Å². The Morgan fingerprint density at radius 2 is 1.96 bits per heavy atom. The fraction of sp³-hybridized carbons (Fsp3) is 0.800. The first kappa shape index (κ1) is 22.5. The summed E-state index contributed by atoms with van der Waals surface area (Å²) in [6.45, 7) is 13.6. The number of aliphatic hydroxyl groups excluding tert-OH is 1. The average molecular weight is 365 g/mol. The van der Waals surface area contributed by atoms with Crippen LogP contribution in [0.15, 0.2) is 12.2 Å². The molecule has 0 saturated heterocycles. The smallest absolute Gasteiger partial charge is 0.333 e. The van der Waals surface area contributed by atoms with Crippen LogP contribution in [0.4, 0.5) is 0 Å². The van der Waals surface area contributed by atoms with E-state index in [1.54, 1.807) is 6.92 Å². The van der Waals surface area contributed by atoms with Crippen molar-refractivity contribution in [2.75, 3.05) is 33.0 Å². The lowest BCUT2D eigenvalue weighted by molar-refractivity contribution is -0.143. The largest absolute Gasteiger partial charge is 0.460 e. The minimum absolute atomic E-state index is 0.0724. The van der Waals surface area contributed by atoms with Gasteiger partial charge in [-0.15, -0.1) is 0 Å². The van der Waals surface area contributed by atoms with Crippen molar-refractivity contribution in [2.24, 2.45) is 0 Å². The van der Waals surface area contributed by atoms with Crippen LogP contribution in [0.1, 0.15) is 13.8 Å². The molecule has 0 bridgehead atoms. The molecule has 0 radical (unpaired) electrons. The molecule has 0 rings (SSSR count). The van der Waals surface area contributed by atoms with Crippen molar-refractivity contribution in [1.29, 1.82) is 0 Å². The minimum atomic E-state index is -1.59. The van der Waals surface area contributed by atoms with Crippen molar-refractivity contribution in [3.05, 3.63) is 12.2 Å². The molecule has 1 unspecified atom stereocenters. The molecular formula is C15H32O6Si2. The number of carbonyl (C=O) groups excluding carboxylic acids is 1. The Labute approximate surface area is 143 Å². The van der Waals surface area contributed by atoms with E-state index in [1.165, 1.54) is 0 Å². The summed E-state index contributed by atoms with van der Waals surface area (Å²) in [4.78, 5) is 11.2. The van der Waals surface area contributed by atoms with Gasteiger partial charge in [0.15, 0.2) is 8.32 Å². The van der Waals surface area contributed by atoms with Crippen molar-refractivity contribution in [2.45, 2.75) is 45.1 Å². The molecule has 0 aromatic heterocycles. The Hall–Kier alpha value is -0.516. The van der Waals surface area contributed by atoms with E-state index in [9.17, 15) is 9.90 Å². The number of hydrogen-bond acceptors (Lipinski definition) is 6. The fourth-order valence-corrected chi connectivity index (χ4v) is 5.93. The zero-order chi connectivity index (χ0) is 17.7. The molecule has 6 nitrogen and oxygen atoms in total. The van der Waals surface area contributed by atoms with Crippen LogP contribution in [0, 0.1) is 0 Å². The number of rotatable bonds is 14. The third-order valence-corrected chi connectivity index (χ3v) is 8.97. The maximum atomic E-state index is 11.2. The summed E-state index contributed by atoms with van der Waals surface area (Å²) in [6.07, 6.45) is -0.808. The summed E-state index contributed by atoms with van der Waals surface area (Å²) >= 11 is 0. The number of esters is 1. The molecule has 1 atom stereocenters. The Bertz CT molecular complexity index is 349. The van der Waals surface area contributed by atoms with Crippen LogP contribution in [0.2, 0.25) is 25.2 Å². The molecule has 0 aliphatic heterocycles. The van der Waals surface area contributed by atoms with Crippen molar-refractivity contribution >= 4 is 24.0 Å². The molecule has 0 aliphatic carbocycles. The highest BCUT2D eigenvalue weighted by Crippen LogP contribution is 2.10. The van der Waals surface area contributed by atoms with Gasteiger partial charge in [-0.25, -0.2) is 4.79 Å². The summed E-state index contributed by atoms with van der Waals surface area (Å²) in [5.41, 5.74) is 0.317. The molecule has 0 saturated carbocycles. The maximum absolute atomic E-state index is 11.2. The van der Waals surface area contributed by atoms with E-state index in [1.807, 2.05) is 6.92 Å². The Morgan fingerprint density at radius 3 is 2.57 bits per heavy atom. The van der Waals surface area contributed by atoms with E-state index in [0.717, 1.165) is 25.3 Å². The topological polar surface area (TPSA) is 74.2 Å². The molecule has 0 aromatic rings. The SMILES string of the molecule is C=C(C)C(=O)OCC(O)COCC[SiH2]O[Si](C)(C)CCOCC. The van der Waals surface area contributed by atoms with Gasteiger partial charge in [0.1, 0.15) is 22.5 Å². The number of hydrogen-bond donors (Lipinski definition) is 1. The summed E-state index contributed by atoms with van der Waals surface area (Å²) in [7, 11) is -2.20. The van der Waals surface area contributed by atoms with Crippen molar-refractivity contribution < 1.29 is 28.2 Å². The van der Waals surface area contributed by atoms with Gasteiger partial charge in [0, 0.05) is 25.4 Å². The predicted molar refractivity (Wildman–Crippen MR) is 95.8 cm³/mol. The zero-order valence-electron chi connectivity index (χ0n) is 14.9. The standard InChI is InChI=1S/C15H32O6Si2/c1-6-18-8-10-23(4,5)21-22-9-7-19-11-14(16)12-20-15(17)13(2)3/h14,16H,2,6-12,22H2,1,3-5H3. The quantitative estimate of drug-likeness (QED) is 0.216. The van der Waals surface area contributed by atoms with Gasteiger partial charge in [-0.1, -0.05) is 6.58 Å². The fourth-order valence-electron chi connectivity index (χ4n) is 1.61. The molecule has 8 heteroatoms. The van der Waals surface area contributed by atoms with Crippen LogP contribution in [-0.2, 0) is 23.1 Å². The van der Waals surface area contributed by atoms with E-state index in [0.29, 0.717) is 12.2 Å². The summed E-state index contributed by atoms with van der Waals surface area (Å²) in [5, 5.41) is 9.63. The Kier molecular flexibility index (Phi) is 12.6. The molecule has 0 aliphatic rings. The van der Waals surface area contributed by atoms with Crippen LogP contribution in [0.5, 0.6) is 0 Å². The van der Waals surface area contributed by atoms with Gasteiger partial charge < -0.3 is 23.4 Å². The second-order valence-corrected chi connectivity index (χ2v) is 12.3. The van der Waals surface area contributed by atoms with Crippen LogP contribution in [-0.4, -0.2) is 68.3 Å². The number of carbonyl (C=O) groups is 1. The van der Waals surface area contributed by atoms with Crippen molar-refractivity contribution in [1.82, 2.24) is 0 Å². The van der Waals surface area contributed by atoms with Gasteiger partial charge in [-0.05, 0) is 39.0 Å². The van der Waals surface area contributed by atoms with E-state index in [2.05, 4.69) is 19.7 Å². The van der Waals surface area contributed by atoms with E-state index >= 15 is 0 Å². The van der Waals surface area contributed by atoms with Gasteiger partial charge in [-0.2, -0.15) is 0 Å². The molecule has 0 aromatic carbocycles. The predicted octanol–water partition coefficient (Wildman–Crippen LogP) is 1.24. The molecule has 0 fully saturated rings. The molecule has 0 spiro atoms. The number of aliphatic hydroxyl groups is 1. The average Bonchev–Trinajstić information content (AvgIpc) is 2.48. The third-order valence-electron chi connectivity index (χ3n) is 3.04. The first-order valence-corrected chi connectivity index (χ1v) is 12.8. The van der Waals surface area contributed by atoms with Crippen LogP contribution < -0.4 is 0 Å². The van der Waals surface area contributed by atoms with E-state index in [4.69, 9.17) is 18.3 Å². The van der Waals surface area contributed by atoms with Crippen LogP contribution in [0.3, 0.4) is 0 Å². The van der Waals surface area contributed by atoms with Gasteiger partial charge >= 0.3 is 5.97 Å². The Morgan fingerprint density at radius 1 is 1.26 bits per heavy atom. The highest BCUT2D eigenvalue weighted by Gasteiger charge is 2.21.